The number of H-pyrrole nitrogens is 1. The maximum absolute atomic E-state index is 12.2. The van der Waals surface area contributed by atoms with E-state index in [0.29, 0.717) is 22.3 Å². The van der Waals surface area contributed by atoms with Crippen molar-refractivity contribution in [3.63, 3.8) is 0 Å². The summed E-state index contributed by atoms with van der Waals surface area (Å²) in [5.41, 5.74) is 1.85. The van der Waals surface area contributed by atoms with E-state index in [4.69, 9.17) is 27.9 Å². The fourth-order valence-electron chi connectivity index (χ4n) is 2.42. The zero-order chi connectivity index (χ0) is 17.8. The van der Waals surface area contributed by atoms with Gasteiger partial charge in [-0.1, -0.05) is 35.3 Å². The van der Waals surface area contributed by atoms with Crippen LogP contribution in [0.25, 0.3) is 11.0 Å². The number of aromatic amines is 1. The van der Waals surface area contributed by atoms with E-state index in [1.54, 1.807) is 30.1 Å². The zero-order valence-corrected chi connectivity index (χ0v) is 15.1. The summed E-state index contributed by atoms with van der Waals surface area (Å²) in [6, 6.07) is 12.7. The second-order valence-electron chi connectivity index (χ2n) is 5.62. The average molecular weight is 378 g/mol. The first-order chi connectivity index (χ1) is 12.0. The van der Waals surface area contributed by atoms with Crippen LogP contribution in [0.4, 0.5) is 0 Å². The van der Waals surface area contributed by atoms with Gasteiger partial charge >= 0.3 is 0 Å². The van der Waals surface area contributed by atoms with Crippen LogP contribution in [0.3, 0.4) is 0 Å². The Morgan fingerprint density at radius 3 is 2.80 bits per heavy atom. The minimum atomic E-state index is -0.0365. The number of nitrogens with one attached hydrogen (secondary N) is 1. The molecule has 0 saturated carbocycles. The minimum Gasteiger partial charge on any atom is -0.491 e. The SMILES string of the molecule is CN(Cc1nc2ccccc2[nH]1)C(=O)CCOc1ccc(Cl)cc1Cl. The van der Waals surface area contributed by atoms with Crippen molar-refractivity contribution in [2.24, 2.45) is 0 Å². The van der Waals surface area contributed by atoms with E-state index in [0.717, 1.165) is 16.9 Å². The minimum absolute atomic E-state index is 0.0365. The quantitative estimate of drug-likeness (QED) is 0.696. The summed E-state index contributed by atoms with van der Waals surface area (Å²) in [6.07, 6.45) is 0.246. The van der Waals surface area contributed by atoms with E-state index < -0.39 is 0 Å². The van der Waals surface area contributed by atoms with Crippen LogP contribution in [-0.4, -0.2) is 34.4 Å². The van der Waals surface area contributed by atoms with Gasteiger partial charge in [0.1, 0.15) is 11.6 Å². The number of para-hydroxylation sites is 2. The van der Waals surface area contributed by atoms with Crippen molar-refractivity contribution in [1.82, 2.24) is 14.9 Å². The van der Waals surface area contributed by atoms with Crippen molar-refractivity contribution in [1.29, 1.82) is 0 Å². The highest BCUT2D eigenvalue weighted by molar-refractivity contribution is 6.35. The van der Waals surface area contributed by atoms with Gasteiger partial charge in [-0.15, -0.1) is 0 Å². The van der Waals surface area contributed by atoms with Crippen molar-refractivity contribution >= 4 is 40.1 Å². The molecule has 0 aliphatic carbocycles. The number of fused-ring (bicyclic) bond motifs is 1. The van der Waals surface area contributed by atoms with Gasteiger partial charge < -0.3 is 14.6 Å². The van der Waals surface area contributed by atoms with Crippen LogP contribution in [-0.2, 0) is 11.3 Å². The molecule has 0 saturated heterocycles. The molecule has 1 aromatic heterocycles. The molecule has 0 aliphatic rings. The van der Waals surface area contributed by atoms with Crippen molar-refractivity contribution in [3.8, 4) is 5.75 Å². The van der Waals surface area contributed by atoms with Crippen molar-refractivity contribution < 1.29 is 9.53 Å². The third kappa shape index (κ3) is 4.44. The molecule has 1 heterocycles. The van der Waals surface area contributed by atoms with E-state index >= 15 is 0 Å². The summed E-state index contributed by atoms with van der Waals surface area (Å²) in [7, 11) is 1.74. The van der Waals surface area contributed by atoms with Gasteiger partial charge in [-0.2, -0.15) is 0 Å². The number of carbonyl (C=O) groups is 1. The van der Waals surface area contributed by atoms with Crippen LogP contribution < -0.4 is 4.74 Å². The molecule has 1 N–H and O–H groups in total. The van der Waals surface area contributed by atoms with Crippen molar-refractivity contribution in [3.05, 3.63) is 58.3 Å². The number of carbonyl (C=O) groups excluding carboxylic acids is 1. The predicted octanol–water partition coefficient (Wildman–Crippen LogP) is 4.30. The lowest BCUT2D eigenvalue weighted by Gasteiger charge is -2.16. The highest BCUT2D eigenvalue weighted by Crippen LogP contribution is 2.27. The standard InChI is InChI=1S/C18H17Cl2N3O2/c1-23(11-17-21-14-4-2-3-5-15(14)22-17)18(24)8-9-25-16-7-6-12(19)10-13(16)20/h2-7,10H,8-9,11H2,1H3,(H,21,22). The fraction of sp³-hybridized carbons (Fsp3) is 0.222. The van der Waals surface area contributed by atoms with Gasteiger partial charge in [0.15, 0.2) is 0 Å². The first-order valence-corrected chi connectivity index (χ1v) is 8.54. The molecule has 0 bridgehead atoms. The zero-order valence-electron chi connectivity index (χ0n) is 13.6. The van der Waals surface area contributed by atoms with Crippen molar-refractivity contribution in [2.75, 3.05) is 13.7 Å². The Labute approximate surface area is 155 Å². The largest absolute Gasteiger partial charge is 0.491 e. The topological polar surface area (TPSA) is 58.2 Å². The molecule has 130 valence electrons. The third-order valence-electron chi connectivity index (χ3n) is 3.72. The fourth-order valence-corrected chi connectivity index (χ4v) is 2.89. The predicted molar refractivity (Wildman–Crippen MR) is 99.1 cm³/mol. The number of amides is 1. The summed E-state index contributed by atoms with van der Waals surface area (Å²) in [6.45, 7) is 0.653. The summed E-state index contributed by atoms with van der Waals surface area (Å²) < 4.78 is 5.55. The number of rotatable bonds is 6. The molecule has 7 heteroatoms. The molecule has 3 rings (SSSR count). The number of nitrogens with zero attached hydrogens (tertiary/aromatic N) is 2. The lowest BCUT2D eigenvalue weighted by molar-refractivity contribution is -0.131. The maximum atomic E-state index is 12.2. The number of hydrogen-bond donors (Lipinski definition) is 1. The molecule has 25 heavy (non-hydrogen) atoms. The summed E-state index contributed by atoms with van der Waals surface area (Å²) in [4.78, 5) is 21.5. The molecule has 2 aromatic carbocycles. The Morgan fingerprint density at radius 1 is 1.24 bits per heavy atom. The molecule has 1 amide bonds. The Kier molecular flexibility index (Phi) is 5.46. The molecule has 0 unspecified atom stereocenters. The highest BCUT2D eigenvalue weighted by Gasteiger charge is 2.12. The van der Waals surface area contributed by atoms with Crippen LogP contribution in [0.1, 0.15) is 12.2 Å². The summed E-state index contributed by atoms with van der Waals surface area (Å²) >= 11 is 11.9. The first kappa shape index (κ1) is 17.6. The molecule has 5 nitrogen and oxygen atoms in total. The van der Waals surface area contributed by atoms with E-state index in [9.17, 15) is 4.79 Å². The van der Waals surface area contributed by atoms with E-state index in [-0.39, 0.29) is 18.9 Å². The summed E-state index contributed by atoms with van der Waals surface area (Å²) in [5.74, 6) is 1.23. The molecule has 0 atom stereocenters. The lowest BCUT2D eigenvalue weighted by atomic mass is 10.3. The monoisotopic (exact) mass is 377 g/mol. The number of hydrogen-bond acceptors (Lipinski definition) is 3. The Hall–Kier alpha value is -2.24. The average Bonchev–Trinajstić information content (AvgIpc) is 2.98. The molecule has 0 aliphatic heterocycles. The van der Waals surface area contributed by atoms with E-state index in [1.165, 1.54) is 0 Å². The van der Waals surface area contributed by atoms with Crippen molar-refractivity contribution in [2.45, 2.75) is 13.0 Å². The molecule has 3 aromatic rings. The Bertz CT molecular complexity index is 862. The second kappa shape index (κ2) is 7.76. The van der Waals surface area contributed by atoms with Gasteiger partial charge in [-0.05, 0) is 30.3 Å². The van der Waals surface area contributed by atoms with Crippen LogP contribution >= 0.6 is 23.2 Å². The number of aromatic nitrogens is 2. The van der Waals surface area contributed by atoms with Gasteiger partial charge in [0.2, 0.25) is 5.91 Å². The number of benzene rings is 2. The molecular formula is C18H17Cl2N3O2. The molecule has 0 spiro atoms. The van der Waals surface area contributed by atoms with Gasteiger partial charge in [0, 0.05) is 12.1 Å². The summed E-state index contributed by atoms with van der Waals surface area (Å²) in [5, 5.41) is 0.967. The van der Waals surface area contributed by atoms with E-state index in [1.807, 2.05) is 24.3 Å². The number of ether oxygens (including phenoxy) is 1. The van der Waals surface area contributed by atoms with Crippen LogP contribution in [0, 0.1) is 0 Å². The number of halogens is 2. The van der Waals surface area contributed by atoms with Crippen LogP contribution in [0.5, 0.6) is 5.75 Å². The van der Waals surface area contributed by atoms with Gasteiger partial charge in [0.25, 0.3) is 0 Å². The first-order valence-electron chi connectivity index (χ1n) is 7.78. The van der Waals surface area contributed by atoms with Gasteiger partial charge in [0.05, 0.1) is 35.6 Å². The lowest BCUT2D eigenvalue weighted by Crippen LogP contribution is -2.28. The molecular weight excluding hydrogens is 361 g/mol. The second-order valence-corrected chi connectivity index (χ2v) is 6.47. The van der Waals surface area contributed by atoms with Crippen LogP contribution in [0.2, 0.25) is 10.0 Å². The smallest absolute Gasteiger partial charge is 0.226 e. The molecule has 0 fully saturated rings. The Morgan fingerprint density at radius 2 is 2.04 bits per heavy atom. The maximum Gasteiger partial charge on any atom is 0.226 e. The van der Waals surface area contributed by atoms with Gasteiger partial charge in [-0.25, -0.2) is 4.98 Å². The normalized spacial score (nSPS) is 10.8. The third-order valence-corrected chi connectivity index (χ3v) is 4.25. The van der Waals surface area contributed by atoms with Crippen LogP contribution in [0.15, 0.2) is 42.5 Å². The highest BCUT2D eigenvalue weighted by atomic mass is 35.5. The van der Waals surface area contributed by atoms with Gasteiger partial charge in [-0.3, -0.25) is 4.79 Å². The Balaban J connectivity index is 1.52. The number of imidazole rings is 1. The van der Waals surface area contributed by atoms with E-state index in [2.05, 4.69) is 9.97 Å². The molecule has 0 radical (unpaired) electrons.